The maximum Gasteiger partial charge on any atom is 0.187 e. The van der Waals surface area contributed by atoms with Gasteiger partial charge in [-0.1, -0.05) is 54.6 Å². The van der Waals surface area contributed by atoms with Gasteiger partial charge in [-0.2, -0.15) is 5.26 Å². The van der Waals surface area contributed by atoms with E-state index in [0.717, 1.165) is 60.6 Å². The van der Waals surface area contributed by atoms with E-state index in [-0.39, 0.29) is 0 Å². The molecule has 0 spiro atoms. The summed E-state index contributed by atoms with van der Waals surface area (Å²) in [4.78, 5) is 8.94. The van der Waals surface area contributed by atoms with Gasteiger partial charge in [-0.3, -0.25) is 9.13 Å². The van der Waals surface area contributed by atoms with Gasteiger partial charge >= 0.3 is 0 Å². The summed E-state index contributed by atoms with van der Waals surface area (Å²) in [7, 11) is 0. The van der Waals surface area contributed by atoms with Gasteiger partial charge in [-0.25, -0.2) is 9.83 Å². The molecule has 4 aromatic heterocycles. The Morgan fingerprint density at radius 3 is 1.95 bits per heavy atom. The summed E-state index contributed by atoms with van der Waals surface area (Å²) in [6, 6.07) is 41.5. The Labute approximate surface area is 249 Å². The minimum atomic E-state index is 0.639. The molecule has 198 valence electrons. The van der Waals surface area contributed by atoms with E-state index in [4.69, 9.17) is 11.6 Å². The Morgan fingerprint density at radius 2 is 1.23 bits per heavy atom. The molecule has 6 heteroatoms. The quantitative estimate of drug-likeness (QED) is 0.196. The lowest BCUT2D eigenvalue weighted by Crippen LogP contribution is -2.03. The van der Waals surface area contributed by atoms with Crippen molar-refractivity contribution < 1.29 is 0 Å². The van der Waals surface area contributed by atoms with Crippen molar-refractivity contribution in [1.82, 2.24) is 14.1 Å². The number of thiophene rings is 1. The van der Waals surface area contributed by atoms with E-state index in [1.165, 1.54) is 14.8 Å². The van der Waals surface area contributed by atoms with Crippen molar-refractivity contribution in [3.8, 4) is 17.7 Å². The first-order valence-electron chi connectivity index (χ1n) is 13.9. The Hall–Kier alpha value is -5.95. The van der Waals surface area contributed by atoms with Crippen LogP contribution in [0.15, 0.2) is 115 Å². The van der Waals surface area contributed by atoms with Crippen LogP contribution in [0.2, 0.25) is 0 Å². The number of pyridine rings is 1. The number of fused-ring (bicyclic) bond motifs is 9. The van der Waals surface area contributed by atoms with Crippen LogP contribution < -0.4 is 0 Å². The zero-order chi connectivity index (χ0) is 28.7. The molecule has 0 aliphatic rings. The maximum atomic E-state index is 9.56. The Balaban J connectivity index is 1.33. The maximum absolute atomic E-state index is 9.56. The number of hydrogen-bond acceptors (Lipinski definition) is 3. The standard InChI is InChI=1S/C37H19N5S/c1-39-23-14-16-34-28(18-23)29-19-27-25-8-3-5-10-31(25)42(33(27)20-35(29)43-34)37-12-6-11-36(40-37)41-30-9-4-2-7-24(30)26-17-22(21-38)13-15-32(26)41/h2-20H. The van der Waals surface area contributed by atoms with Crippen LogP contribution >= 0.6 is 11.3 Å². The fourth-order valence-corrected chi connectivity index (χ4v) is 7.59. The van der Waals surface area contributed by atoms with Crippen molar-refractivity contribution in [2.24, 2.45) is 0 Å². The van der Waals surface area contributed by atoms with Gasteiger partial charge in [0.15, 0.2) is 5.69 Å². The summed E-state index contributed by atoms with van der Waals surface area (Å²) in [6.45, 7) is 7.50. The minimum absolute atomic E-state index is 0.639. The van der Waals surface area contributed by atoms with Gasteiger partial charge in [0.05, 0.1) is 40.3 Å². The first-order chi connectivity index (χ1) is 21.2. The fraction of sp³-hybridized carbons (Fsp3) is 0. The van der Waals surface area contributed by atoms with Crippen LogP contribution in [0.4, 0.5) is 5.69 Å². The number of rotatable bonds is 2. The highest BCUT2D eigenvalue weighted by molar-refractivity contribution is 7.25. The van der Waals surface area contributed by atoms with Crippen LogP contribution in [0.5, 0.6) is 0 Å². The molecule has 0 aliphatic carbocycles. The van der Waals surface area contributed by atoms with Gasteiger partial charge in [0.2, 0.25) is 0 Å². The van der Waals surface area contributed by atoms with Gasteiger partial charge < -0.3 is 0 Å². The average molecular weight is 566 g/mol. The van der Waals surface area contributed by atoms with E-state index in [2.05, 4.69) is 86.8 Å². The second-order valence-electron chi connectivity index (χ2n) is 10.7. The van der Waals surface area contributed by atoms with E-state index in [1.807, 2.05) is 48.5 Å². The van der Waals surface area contributed by atoms with Crippen LogP contribution in [0, 0.1) is 17.9 Å². The van der Waals surface area contributed by atoms with Crippen LogP contribution in [0.25, 0.3) is 80.3 Å². The third-order valence-electron chi connectivity index (χ3n) is 8.36. The zero-order valence-corrected chi connectivity index (χ0v) is 23.4. The third-order valence-corrected chi connectivity index (χ3v) is 9.49. The van der Waals surface area contributed by atoms with Crippen molar-refractivity contribution in [3.05, 3.63) is 132 Å². The van der Waals surface area contributed by atoms with E-state index in [0.29, 0.717) is 11.3 Å². The van der Waals surface area contributed by atoms with E-state index < -0.39 is 0 Å². The normalized spacial score (nSPS) is 11.7. The molecular weight excluding hydrogens is 547 g/mol. The van der Waals surface area contributed by atoms with Crippen molar-refractivity contribution in [1.29, 1.82) is 5.26 Å². The highest BCUT2D eigenvalue weighted by Crippen LogP contribution is 2.41. The summed E-state index contributed by atoms with van der Waals surface area (Å²) in [5.74, 6) is 1.65. The van der Waals surface area contributed by atoms with Gasteiger partial charge in [0, 0.05) is 30.9 Å². The molecule has 0 aliphatic heterocycles. The van der Waals surface area contributed by atoms with Crippen LogP contribution in [0.1, 0.15) is 5.56 Å². The molecule has 0 radical (unpaired) electrons. The van der Waals surface area contributed by atoms with Gasteiger partial charge in [0.1, 0.15) is 11.6 Å². The molecule has 0 fully saturated rings. The summed E-state index contributed by atoms with van der Waals surface area (Å²) in [6.07, 6.45) is 0. The van der Waals surface area contributed by atoms with Gasteiger partial charge in [0.25, 0.3) is 0 Å². The molecule has 5 aromatic carbocycles. The first-order valence-corrected chi connectivity index (χ1v) is 14.7. The molecule has 0 unspecified atom stereocenters. The summed E-state index contributed by atoms with van der Waals surface area (Å²) in [5, 5.41) is 16.3. The Bertz CT molecular complexity index is 2710. The largest absolute Gasteiger partial charge is 0.294 e. The van der Waals surface area contributed by atoms with E-state index in [1.54, 1.807) is 11.3 Å². The molecule has 0 amide bonds. The molecule has 9 rings (SSSR count). The average Bonchev–Trinajstić information content (AvgIpc) is 3.70. The highest BCUT2D eigenvalue weighted by Gasteiger charge is 2.18. The van der Waals surface area contributed by atoms with Crippen LogP contribution in [-0.4, -0.2) is 14.1 Å². The topological polar surface area (TPSA) is 50.9 Å². The van der Waals surface area contributed by atoms with Gasteiger partial charge in [-0.05, 0) is 71.4 Å². The fourth-order valence-electron chi connectivity index (χ4n) is 6.49. The lowest BCUT2D eigenvalue weighted by Gasteiger charge is -2.11. The Kier molecular flexibility index (Phi) is 4.84. The van der Waals surface area contributed by atoms with Crippen molar-refractivity contribution >= 4 is 80.8 Å². The third kappa shape index (κ3) is 3.33. The van der Waals surface area contributed by atoms with E-state index >= 15 is 0 Å². The Morgan fingerprint density at radius 1 is 0.581 bits per heavy atom. The highest BCUT2D eigenvalue weighted by atomic mass is 32.1. The van der Waals surface area contributed by atoms with Crippen LogP contribution in [0.3, 0.4) is 0 Å². The van der Waals surface area contributed by atoms with Gasteiger partial charge in [-0.15, -0.1) is 11.3 Å². The molecule has 0 atom stereocenters. The molecule has 9 aromatic rings. The number of nitrogens with zero attached hydrogens (tertiary/aromatic N) is 5. The van der Waals surface area contributed by atoms with Crippen molar-refractivity contribution in [3.63, 3.8) is 0 Å². The minimum Gasteiger partial charge on any atom is -0.294 e. The predicted octanol–water partition coefficient (Wildman–Crippen LogP) is 10.1. The first kappa shape index (κ1) is 23.7. The van der Waals surface area contributed by atoms with Crippen LogP contribution in [-0.2, 0) is 0 Å². The molecule has 0 saturated heterocycles. The molecular formula is C37H19N5S. The number of para-hydroxylation sites is 2. The summed E-state index contributed by atoms with van der Waals surface area (Å²) < 4.78 is 6.80. The lowest BCUT2D eigenvalue weighted by atomic mass is 10.1. The molecule has 0 bridgehead atoms. The monoisotopic (exact) mass is 565 g/mol. The lowest BCUT2D eigenvalue weighted by molar-refractivity contribution is 1.01. The number of benzene rings is 5. The van der Waals surface area contributed by atoms with Crippen molar-refractivity contribution in [2.75, 3.05) is 0 Å². The van der Waals surface area contributed by atoms with E-state index in [9.17, 15) is 5.26 Å². The second-order valence-corrected chi connectivity index (χ2v) is 11.7. The number of hydrogen-bond donors (Lipinski definition) is 0. The van der Waals surface area contributed by atoms with Crippen molar-refractivity contribution in [2.45, 2.75) is 0 Å². The smallest absolute Gasteiger partial charge is 0.187 e. The summed E-state index contributed by atoms with van der Waals surface area (Å²) in [5.41, 5.74) is 5.54. The second kappa shape index (κ2) is 8.77. The number of aromatic nitrogens is 3. The number of nitriles is 1. The molecule has 43 heavy (non-hydrogen) atoms. The predicted molar refractivity (Wildman–Crippen MR) is 177 cm³/mol. The molecule has 4 heterocycles. The SMILES string of the molecule is [C-]#[N+]c1ccc2sc3cc4c(cc3c2c1)c1ccccc1n4-c1cccc(-n2c3ccccc3c3cc(C#N)ccc32)n1. The summed E-state index contributed by atoms with van der Waals surface area (Å²) >= 11 is 1.75. The molecule has 0 N–H and O–H groups in total. The molecule has 5 nitrogen and oxygen atoms in total. The zero-order valence-electron chi connectivity index (χ0n) is 22.6. The molecule has 0 saturated carbocycles.